The number of guanidine groups is 1. The zero-order chi connectivity index (χ0) is 14.3. The summed E-state index contributed by atoms with van der Waals surface area (Å²) in [5.74, 6) is 0.396. The van der Waals surface area contributed by atoms with E-state index in [1.165, 1.54) is 0 Å². The van der Waals surface area contributed by atoms with E-state index in [0.717, 1.165) is 5.56 Å². The summed E-state index contributed by atoms with van der Waals surface area (Å²) < 4.78 is 5.00. The molecule has 0 aliphatic carbocycles. The van der Waals surface area contributed by atoms with Gasteiger partial charge in [0.1, 0.15) is 0 Å². The third kappa shape index (κ3) is 6.97. The number of methoxy groups -OCH3 is 1. The summed E-state index contributed by atoms with van der Waals surface area (Å²) in [6.07, 6.45) is 0.652. The van der Waals surface area contributed by atoms with Crippen molar-refractivity contribution in [2.75, 3.05) is 20.3 Å². The highest BCUT2D eigenvalue weighted by Gasteiger charge is 2.05. The zero-order valence-electron chi connectivity index (χ0n) is 11.5. The quantitative estimate of drug-likeness (QED) is 0.413. The first-order valence-electron chi connectivity index (χ1n) is 6.03. The number of hydrogen-bond acceptors (Lipinski definition) is 2. The lowest BCUT2D eigenvalue weighted by molar-refractivity contribution is 0.179. The standard InChI is InChI=1S/C13H19Cl2N3O.HI/c1-9(8-19-2)18-13(16)17-7-6-10-11(14)4-3-5-12(10)15;/h3-5,9H,6-8H2,1-2H3,(H3,16,17,18);1H. The molecular formula is C13H20Cl2IN3O. The van der Waals surface area contributed by atoms with E-state index in [1.54, 1.807) is 7.11 Å². The Morgan fingerprint density at radius 2 is 2.00 bits per heavy atom. The summed E-state index contributed by atoms with van der Waals surface area (Å²) in [5.41, 5.74) is 6.66. The lowest BCUT2D eigenvalue weighted by Gasteiger charge is -2.13. The van der Waals surface area contributed by atoms with Gasteiger partial charge < -0.3 is 15.8 Å². The first-order valence-corrected chi connectivity index (χ1v) is 6.78. The van der Waals surface area contributed by atoms with Crippen molar-refractivity contribution >= 4 is 53.1 Å². The third-order valence-corrected chi connectivity index (χ3v) is 3.22. The summed E-state index contributed by atoms with van der Waals surface area (Å²) in [4.78, 5) is 4.23. The van der Waals surface area contributed by atoms with Crippen LogP contribution in [0.1, 0.15) is 12.5 Å². The summed E-state index contributed by atoms with van der Waals surface area (Å²) in [6.45, 7) is 3.07. The monoisotopic (exact) mass is 431 g/mol. The summed E-state index contributed by atoms with van der Waals surface area (Å²) in [5, 5.41) is 4.34. The van der Waals surface area contributed by atoms with Crippen LogP contribution in [0, 0.1) is 0 Å². The van der Waals surface area contributed by atoms with Gasteiger partial charge in [0.25, 0.3) is 0 Å². The summed E-state index contributed by atoms with van der Waals surface area (Å²) in [7, 11) is 1.64. The van der Waals surface area contributed by atoms with E-state index in [4.69, 9.17) is 33.7 Å². The molecule has 0 radical (unpaired) electrons. The number of nitrogens with two attached hydrogens (primary N) is 1. The molecule has 0 heterocycles. The van der Waals surface area contributed by atoms with Crippen LogP contribution in [0.3, 0.4) is 0 Å². The van der Waals surface area contributed by atoms with Crippen molar-refractivity contribution in [1.82, 2.24) is 5.32 Å². The molecule has 1 rings (SSSR count). The van der Waals surface area contributed by atoms with Crippen LogP contribution < -0.4 is 11.1 Å². The minimum Gasteiger partial charge on any atom is -0.383 e. The Balaban J connectivity index is 0.00000361. The molecule has 114 valence electrons. The first-order chi connectivity index (χ1) is 9.04. The molecule has 3 N–H and O–H groups in total. The fourth-order valence-electron chi connectivity index (χ4n) is 1.65. The Hall–Kier alpha value is -0.240. The van der Waals surface area contributed by atoms with E-state index in [-0.39, 0.29) is 30.0 Å². The van der Waals surface area contributed by atoms with Gasteiger partial charge >= 0.3 is 0 Å². The Morgan fingerprint density at radius 1 is 1.40 bits per heavy atom. The Labute approximate surface area is 147 Å². The molecule has 7 heteroatoms. The lowest BCUT2D eigenvalue weighted by Crippen LogP contribution is -2.40. The van der Waals surface area contributed by atoms with Crippen LogP contribution in [0.25, 0.3) is 0 Å². The van der Waals surface area contributed by atoms with E-state index in [1.807, 2.05) is 25.1 Å². The predicted octanol–water partition coefficient (Wildman–Crippen LogP) is 3.09. The molecular weight excluding hydrogens is 412 g/mol. The number of aliphatic imine (C=N–C) groups is 1. The van der Waals surface area contributed by atoms with Gasteiger partial charge in [0.2, 0.25) is 0 Å². The molecule has 0 amide bonds. The highest BCUT2D eigenvalue weighted by Crippen LogP contribution is 2.24. The zero-order valence-corrected chi connectivity index (χ0v) is 15.4. The fraction of sp³-hybridized carbons (Fsp3) is 0.462. The molecule has 1 unspecified atom stereocenters. The smallest absolute Gasteiger partial charge is 0.188 e. The number of nitrogens with zero attached hydrogens (tertiary/aromatic N) is 1. The SMILES string of the molecule is COCC(C)NC(N)=NCCc1c(Cl)cccc1Cl.I. The van der Waals surface area contributed by atoms with E-state index in [9.17, 15) is 0 Å². The van der Waals surface area contributed by atoms with Crippen LogP contribution in [0.4, 0.5) is 0 Å². The number of nitrogens with one attached hydrogen (secondary N) is 1. The van der Waals surface area contributed by atoms with Gasteiger partial charge in [-0.15, -0.1) is 24.0 Å². The molecule has 4 nitrogen and oxygen atoms in total. The average Bonchev–Trinajstić information content (AvgIpc) is 2.33. The van der Waals surface area contributed by atoms with Gasteiger partial charge in [-0.25, -0.2) is 0 Å². The van der Waals surface area contributed by atoms with Crippen LogP contribution in [-0.4, -0.2) is 32.3 Å². The van der Waals surface area contributed by atoms with Gasteiger partial charge in [-0.1, -0.05) is 29.3 Å². The second-order valence-electron chi connectivity index (χ2n) is 4.22. The molecule has 1 atom stereocenters. The molecule has 0 aliphatic heterocycles. The maximum absolute atomic E-state index is 6.07. The number of halogens is 3. The predicted molar refractivity (Wildman–Crippen MR) is 96.5 cm³/mol. The number of rotatable bonds is 6. The fourth-order valence-corrected chi connectivity index (χ4v) is 2.24. The van der Waals surface area contributed by atoms with Crippen LogP contribution in [-0.2, 0) is 11.2 Å². The van der Waals surface area contributed by atoms with Crippen molar-refractivity contribution in [3.8, 4) is 0 Å². The Kier molecular flexibility index (Phi) is 10.4. The third-order valence-electron chi connectivity index (χ3n) is 2.52. The van der Waals surface area contributed by atoms with Gasteiger partial charge in [-0.3, -0.25) is 4.99 Å². The Bertz CT molecular complexity index is 423. The van der Waals surface area contributed by atoms with E-state index in [2.05, 4.69) is 10.3 Å². The molecule has 0 saturated carbocycles. The topological polar surface area (TPSA) is 59.6 Å². The summed E-state index contributed by atoms with van der Waals surface area (Å²) >= 11 is 12.1. The molecule has 0 bridgehead atoms. The van der Waals surface area contributed by atoms with Crippen molar-refractivity contribution in [2.45, 2.75) is 19.4 Å². The molecule has 1 aromatic rings. The minimum atomic E-state index is 0. The van der Waals surface area contributed by atoms with E-state index in [0.29, 0.717) is 35.6 Å². The van der Waals surface area contributed by atoms with Crippen LogP contribution in [0.5, 0.6) is 0 Å². The lowest BCUT2D eigenvalue weighted by atomic mass is 10.1. The highest BCUT2D eigenvalue weighted by molar-refractivity contribution is 14.0. The van der Waals surface area contributed by atoms with Gasteiger partial charge in [0, 0.05) is 29.7 Å². The maximum Gasteiger partial charge on any atom is 0.188 e. The highest BCUT2D eigenvalue weighted by atomic mass is 127. The Morgan fingerprint density at radius 3 is 2.55 bits per heavy atom. The largest absolute Gasteiger partial charge is 0.383 e. The van der Waals surface area contributed by atoms with Crippen LogP contribution >= 0.6 is 47.2 Å². The average molecular weight is 432 g/mol. The second kappa shape index (κ2) is 10.5. The number of ether oxygens (including phenoxy) is 1. The molecule has 0 spiro atoms. The van der Waals surface area contributed by atoms with Gasteiger partial charge in [0.15, 0.2) is 5.96 Å². The van der Waals surface area contributed by atoms with Crippen molar-refractivity contribution in [3.05, 3.63) is 33.8 Å². The number of benzene rings is 1. The van der Waals surface area contributed by atoms with Crippen LogP contribution in [0.2, 0.25) is 10.0 Å². The van der Waals surface area contributed by atoms with Gasteiger partial charge in [-0.05, 0) is 31.0 Å². The number of hydrogen-bond donors (Lipinski definition) is 2. The van der Waals surface area contributed by atoms with Gasteiger partial charge in [0.05, 0.1) is 6.61 Å². The molecule has 0 saturated heterocycles. The van der Waals surface area contributed by atoms with Crippen molar-refractivity contribution in [3.63, 3.8) is 0 Å². The second-order valence-corrected chi connectivity index (χ2v) is 5.03. The maximum atomic E-state index is 6.07. The van der Waals surface area contributed by atoms with Crippen molar-refractivity contribution < 1.29 is 4.74 Å². The normalized spacial score (nSPS) is 12.7. The summed E-state index contributed by atoms with van der Waals surface area (Å²) in [6, 6.07) is 5.57. The molecule has 0 fully saturated rings. The molecule has 0 aromatic heterocycles. The first kappa shape index (κ1) is 19.8. The minimum absolute atomic E-state index is 0. The van der Waals surface area contributed by atoms with Gasteiger partial charge in [-0.2, -0.15) is 0 Å². The molecule has 0 aliphatic rings. The molecule has 20 heavy (non-hydrogen) atoms. The molecule has 1 aromatic carbocycles. The van der Waals surface area contributed by atoms with Crippen molar-refractivity contribution in [2.24, 2.45) is 10.7 Å². The van der Waals surface area contributed by atoms with E-state index < -0.39 is 0 Å². The van der Waals surface area contributed by atoms with E-state index >= 15 is 0 Å². The van der Waals surface area contributed by atoms with Crippen molar-refractivity contribution in [1.29, 1.82) is 0 Å². The van der Waals surface area contributed by atoms with Crippen LogP contribution in [0.15, 0.2) is 23.2 Å².